The monoisotopic (exact) mass is 425 g/mol. The molecule has 0 spiro atoms. The number of nitrogens with one attached hydrogen (secondary N) is 1. The van der Waals surface area contributed by atoms with Crippen molar-refractivity contribution < 1.29 is 9.53 Å². The van der Waals surface area contributed by atoms with E-state index in [0.29, 0.717) is 23.7 Å². The highest BCUT2D eigenvalue weighted by atomic mass is 16.5. The average molecular weight is 425 g/mol. The number of amides is 1. The zero-order valence-electron chi connectivity index (χ0n) is 17.5. The van der Waals surface area contributed by atoms with Gasteiger partial charge in [0.1, 0.15) is 12.3 Å². The van der Waals surface area contributed by atoms with E-state index in [1.807, 2.05) is 72.8 Å². The van der Waals surface area contributed by atoms with Gasteiger partial charge < -0.3 is 10.1 Å². The molecular formula is C26H23N3O3. The largest absolute Gasteiger partial charge is 0.491 e. The van der Waals surface area contributed by atoms with Crippen LogP contribution >= 0.6 is 0 Å². The van der Waals surface area contributed by atoms with E-state index in [0.717, 1.165) is 16.7 Å². The minimum Gasteiger partial charge on any atom is -0.491 e. The minimum atomic E-state index is -0.357. The molecule has 0 fully saturated rings. The first-order valence-electron chi connectivity index (χ1n) is 10.4. The third kappa shape index (κ3) is 5.49. The van der Waals surface area contributed by atoms with Crippen molar-refractivity contribution in [3.63, 3.8) is 0 Å². The van der Waals surface area contributed by atoms with Gasteiger partial charge >= 0.3 is 0 Å². The van der Waals surface area contributed by atoms with Gasteiger partial charge in [0.25, 0.3) is 5.56 Å². The third-order valence-electron chi connectivity index (χ3n) is 4.88. The highest BCUT2D eigenvalue weighted by Gasteiger charge is 2.11. The van der Waals surface area contributed by atoms with E-state index in [1.54, 1.807) is 18.2 Å². The number of aromatic nitrogens is 2. The molecule has 0 saturated heterocycles. The average Bonchev–Trinajstić information content (AvgIpc) is 2.83. The summed E-state index contributed by atoms with van der Waals surface area (Å²) in [5, 5.41) is 7.17. The van der Waals surface area contributed by atoms with Crippen molar-refractivity contribution >= 4 is 11.6 Å². The van der Waals surface area contributed by atoms with E-state index in [9.17, 15) is 9.59 Å². The molecule has 0 aliphatic heterocycles. The number of para-hydroxylation sites is 2. The first-order chi connectivity index (χ1) is 15.7. The molecule has 0 unspecified atom stereocenters. The molecule has 0 bridgehead atoms. The second kappa shape index (κ2) is 10.2. The molecule has 0 radical (unpaired) electrons. The lowest BCUT2D eigenvalue weighted by molar-refractivity contribution is -0.117. The number of hydrogen-bond acceptors (Lipinski definition) is 4. The van der Waals surface area contributed by atoms with Crippen LogP contribution in [0, 0.1) is 0 Å². The Labute approximate surface area is 186 Å². The Morgan fingerprint density at radius 2 is 1.53 bits per heavy atom. The number of anilines is 1. The zero-order valence-corrected chi connectivity index (χ0v) is 17.5. The molecule has 4 rings (SSSR count). The van der Waals surface area contributed by atoms with Crippen LogP contribution < -0.4 is 15.6 Å². The minimum absolute atomic E-state index is 0.197. The summed E-state index contributed by atoms with van der Waals surface area (Å²) in [5.41, 5.74) is 2.89. The number of ether oxygens (including phenoxy) is 1. The maximum absolute atomic E-state index is 12.7. The van der Waals surface area contributed by atoms with Gasteiger partial charge in [0.2, 0.25) is 5.91 Å². The van der Waals surface area contributed by atoms with Crippen LogP contribution in [0.4, 0.5) is 5.69 Å². The highest BCUT2D eigenvalue weighted by Crippen LogP contribution is 2.24. The van der Waals surface area contributed by atoms with Crippen molar-refractivity contribution in [2.45, 2.75) is 13.0 Å². The summed E-state index contributed by atoms with van der Waals surface area (Å²) in [4.78, 5) is 24.9. The molecule has 0 saturated carbocycles. The van der Waals surface area contributed by atoms with Gasteiger partial charge in [0.15, 0.2) is 0 Å². The Morgan fingerprint density at radius 1 is 0.844 bits per heavy atom. The van der Waals surface area contributed by atoms with Crippen molar-refractivity contribution in [3.8, 4) is 17.0 Å². The van der Waals surface area contributed by atoms with Crippen LogP contribution in [0.15, 0.2) is 102 Å². The van der Waals surface area contributed by atoms with E-state index >= 15 is 0 Å². The van der Waals surface area contributed by atoms with Crippen LogP contribution in [0.1, 0.15) is 5.56 Å². The number of hydrogen-bond donors (Lipinski definition) is 1. The quantitative estimate of drug-likeness (QED) is 0.460. The second-order valence-electron chi connectivity index (χ2n) is 7.21. The first kappa shape index (κ1) is 21.1. The maximum atomic E-state index is 12.7. The van der Waals surface area contributed by atoms with E-state index < -0.39 is 0 Å². The molecule has 6 heteroatoms. The van der Waals surface area contributed by atoms with E-state index in [1.165, 1.54) is 11.6 Å². The number of carbonyl (C=O) groups excluding carboxylic acids is 1. The molecule has 0 aliphatic carbocycles. The molecule has 1 aromatic heterocycles. The summed E-state index contributed by atoms with van der Waals surface area (Å²) < 4.78 is 7.06. The number of benzene rings is 3. The molecule has 0 atom stereocenters. The zero-order chi connectivity index (χ0) is 22.2. The van der Waals surface area contributed by atoms with Gasteiger partial charge in [-0.15, -0.1) is 0 Å². The highest BCUT2D eigenvalue weighted by molar-refractivity contribution is 5.92. The van der Waals surface area contributed by atoms with E-state index in [2.05, 4.69) is 10.4 Å². The second-order valence-corrected chi connectivity index (χ2v) is 7.21. The predicted octanol–water partition coefficient (Wildman–Crippen LogP) is 4.17. The van der Waals surface area contributed by atoms with Crippen LogP contribution in [-0.4, -0.2) is 22.3 Å². The number of nitrogens with zero attached hydrogens (tertiary/aromatic N) is 2. The smallest absolute Gasteiger partial charge is 0.267 e. The molecule has 32 heavy (non-hydrogen) atoms. The Morgan fingerprint density at radius 3 is 2.31 bits per heavy atom. The molecule has 6 nitrogen and oxygen atoms in total. The van der Waals surface area contributed by atoms with Crippen LogP contribution in [0.5, 0.6) is 5.75 Å². The molecule has 3 aromatic carbocycles. The topological polar surface area (TPSA) is 73.2 Å². The fraction of sp³-hybridized carbons (Fsp3) is 0.115. The van der Waals surface area contributed by atoms with Crippen LogP contribution in [0.2, 0.25) is 0 Å². The Bertz CT molecular complexity index is 1240. The Kier molecular flexibility index (Phi) is 6.72. The van der Waals surface area contributed by atoms with E-state index in [4.69, 9.17) is 4.74 Å². The maximum Gasteiger partial charge on any atom is 0.267 e. The van der Waals surface area contributed by atoms with Crippen molar-refractivity contribution in [2.24, 2.45) is 0 Å². The van der Waals surface area contributed by atoms with Crippen molar-refractivity contribution in [1.29, 1.82) is 0 Å². The van der Waals surface area contributed by atoms with Gasteiger partial charge in [0.05, 0.1) is 18.0 Å². The molecule has 1 amide bonds. The molecule has 0 aliphatic rings. The molecule has 4 aromatic rings. The summed E-state index contributed by atoms with van der Waals surface area (Å²) in [5.74, 6) is 0.221. The van der Waals surface area contributed by atoms with Gasteiger partial charge in [-0.25, -0.2) is 4.68 Å². The van der Waals surface area contributed by atoms with Crippen LogP contribution in [0.3, 0.4) is 0 Å². The summed E-state index contributed by atoms with van der Waals surface area (Å²) in [6.45, 7) is 0.287. The van der Waals surface area contributed by atoms with Gasteiger partial charge in [-0.05, 0) is 23.8 Å². The first-order valence-corrected chi connectivity index (χ1v) is 10.4. The van der Waals surface area contributed by atoms with Gasteiger partial charge in [-0.2, -0.15) is 5.10 Å². The number of carbonyl (C=O) groups is 1. The van der Waals surface area contributed by atoms with Crippen LogP contribution in [0.25, 0.3) is 11.3 Å². The summed E-state index contributed by atoms with van der Waals surface area (Å²) in [7, 11) is 0. The normalized spacial score (nSPS) is 10.5. The third-order valence-corrected chi connectivity index (χ3v) is 4.88. The molecule has 1 heterocycles. The Balaban J connectivity index is 1.42. The fourth-order valence-electron chi connectivity index (χ4n) is 3.27. The van der Waals surface area contributed by atoms with Gasteiger partial charge in [-0.3, -0.25) is 9.59 Å². The van der Waals surface area contributed by atoms with Gasteiger partial charge in [0, 0.05) is 18.1 Å². The molecular weight excluding hydrogens is 402 g/mol. The lowest BCUT2D eigenvalue weighted by atomic mass is 10.1. The van der Waals surface area contributed by atoms with Crippen molar-refractivity contribution in [1.82, 2.24) is 9.78 Å². The Hall–Kier alpha value is -4.19. The molecule has 160 valence electrons. The van der Waals surface area contributed by atoms with E-state index in [-0.39, 0.29) is 18.0 Å². The SMILES string of the molecule is O=C(Cn1nc(-c2ccccc2)ccc1=O)Nc1ccccc1OCCc1ccccc1. The van der Waals surface area contributed by atoms with Gasteiger partial charge in [-0.1, -0.05) is 72.8 Å². The molecule has 1 N–H and O–H groups in total. The van der Waals surface area contributed by atoms with Crippen molar-refractivity contribution in [2.75, 3.05) is 11.9 Å². The fourth-order valence-corrected chi connectivity index (χ4v) is 3.27. The summed E-state index contributed by atoms with van der Waals surface area (Å²) >= 11 is 0. The summed E-state index contributed by atoms with van der Waals surface area (Å²) in [6, 6.07) is 29.9. The summed E-state index contributed by atoms with van der Waals surface area (Å²) in [6.07, 6.45) is 0.759. The van der Waals surface area contributed by atoms with Crippen molar-refractivity contribution in [3.05, 3.63) is 113 Å². The van der Waals surface area contributed by atoms with Crippen LogP contribution in [-0.2, 0) is 17.8 Å². The lowest BCUT2D eigenvalue weighted by Gasteiger charge is -2.13. The standard InChI is InChI=1S/C26H23N3O3/c30-25(19-29-26(31)16-15-22(28-29)21-11-5-2-6-12-21)27-23-13-7-8-14-24(23)32-18-17-20-9-3-1-4-10-20/h1-16H,17-19H2,(H,27,30). The predicted molar refractivity (Wildman–Crippen MR) is 125 cm³/mol. The number of rotatable bonds is 8. The lowest BCUT2D eigenvalue weighted by Crippen LogP contribution is -2.29.